The van der Waals surface area contributed by atoms with Crippen LogP contribution in [0, 0.1) is 6.92 Å². The van der Waals surface area contributed by atoms with Crippen molar-refractivity contribution in [2.24, 2.45) is 0 Å². The molecule has 1 aromatic heterocycles. The summed E-state index contributed by atoms with van der Waals surface area (Å²) in [6.07, 6.45) is -2.79. The first-order chi connectivity index (χ1) is 6.98. The van der Waals surface area contributed by atoms with Crippen molar-refractivity contribution in [3.05, 3.63) is 41.6 Å². The number of hydrogen-bond acceptors (Lipinski definition) is 1. The largest absolute Gasteiger partial charge is 0.416 e. The van der Waals surface area contributed by atoms with Gasteiger partial charge in [0.2, 0.25) is 0 Å². The molecule has 0 N–H and O–H groups in total. The van der Waals surface area contributed by atoms with E-state index in [1.165, 1.54) is 12.3 Å². The Morgan fingerprint density at radius 1 is 1.13 bits per heavy atom. The maximum absolute atomic E-state index is 12.4. The molecule has 78 valence electrons. The van der Waals surface area contributed by atoms with Crippen molar-refractivity contribution >= 4 is 10.9 Å². The maximum Gasteiger partial charge on any atom is 0.416 e. The van der Waals surface area contributed by atoms with Crippen LogP contribution in [0.4, 0.5) is 13.2 Å². The number of nitrogens with zero attached hydrogens (tertiary/aromatic N) is 1. The molecule has 0 spiro atoms. The van der Waals surface area contributed by atoms with Crippen LogP contribution >= 0.6 is 0 Å². The summed E-state index contributed by atoms with van der Waals surface area (Å²) in [4.78, 5) is 3.92. The van der Waals surface area contributed by atoms with E-state index in [9.17, 15) is 13.2 Å². The van der Waals surface area contributed by atoms with Gasteiger partial charge in [-0.15, -0.1) is 0 Å². The average Bonchev–Trinajstić information content (AvgIpc) is 2.16. The molecule has 0 radical (unpaired) electrons. The second-order valence-corrected chi connectivity index (χ2v) is 3.36. The Bertz CT molecular complexity index is 503. The SMILES string of the molecule is Cc1ccnc2cc(C(F)(F)F)ccc12. The number of rotatable bonds is 0. The van der Waals surface area contributed by atoms with Crippen LogP contribution in [0.3, 0.4) is 0 Å². The van der Waals surface area contributed by atoms with Gasteiger partial charge in [-0.3, -0.25) is 4.98 Å². The van der Waals surface area contributed by atoms with Gasteiger partial charge < -0.3 is 0 Å². The van der Waals surface area contributed by atoms with Crippen molar-refractivity contribution in [1.82, 2.24) is 4.98 Å². The van der Waals surface area contributed by atoms with E-state index in [0.29, 0.717) is 5.52 Å². The molecule has 0 amide bonds. The van der Waals surface area contributed by atoms with Crippen molar-refractivity contribution in [3.63, 3.8) is 0 Å². The Hall–Kier alpha value is -1.58. The zero-order valence-corrected chi connectivity index (χ0v) is 7.97. The minimum Gasteiger partial charge on any atom is -0.256 e. The smallest absolute Gasteiger partial charge is 0.256 e. The van der Waals surface area contributed by atoms with Gasteiger partial charge in [-0.2, -0.15) is 13.2 Å². The third-order valence-electron chi connectivity index (χ3n) is 2.29. The monoisotopic (exact) mass is 211 g/mol. The molecule has 1 heterocycles. The van der Waals surface area contributed by atoms with Crippen LogP contribution in [0.25, 0.3) is 10.9 Å². The fraction of sp³-hybridized carbons (Fsp3) is 0.182. The van der Waals surface area contributed by atoms with Crippen LogP contribution < -0.4 is 0 Å². The van der Waals surface area contributed by atoms with E-state index in [1.807, 2.05) is 6.92 Å². The van der Waals surface area contributed by atoms with Gasteiger partial charge in [0.05, 0.1) is 11.1 Å². The molecular formula is C11H8F3N. The lowest BCUT2D eigenvalue weighted by Gasteiger charge is -2.07. The number of pyridine rings is 1. The first kappa shape index (κ1) is 9.96. The van der Waals surface area contributed by atoms with E-state index in [2.05, 4.69) is 4.98 Å². The zero-order chi connectivity index (χ0) is 11.1. The fourth-order valence-electron chi connectivity index (χ4n) is 1.47. The first-order valence-electron chi connectivity index (χ1n) is 4.41. The Balaban J connectivity index is 2.68. The molecule has 0 saturated heterocycles. The van der Waals surface area contributed by atoms with Gasteiger partial charge in [0.1, 0.15) is 0 Å². The summed E-state index contributed by atoms with van der Waals surface area (Å²) >= 11 is 0. The number of fused-ring (bicyclic) bond motifs is 1. The number of alkyl halides is 3. The van der Waals surface area contributed by atoms with Crippen LogP contribution in [0.15, 0.2) is 30.5 Å². The van der Waals surface area contributed by atoms with Crippen LogP contribution in [0.5, 0.6) is 0 Å². The van der Waals surface area contributed by atoms with Gasteiger partial charge in [-0.1, -0.05) is 6.07 Å². The van der Waals surface area contributed by atoms with E-state index in [0.717, 1.165) is 23.1 Å². The van der Waals surface area contributed by atoms with E-state index in [1.54, 1.807) is 6.07 Å². The summed E-state index contributed by atoms with van der Waals surface area (Å²) < 4.78 is 37.2. The molecule has 2 aromatic rings. The Kier molecular flexibility index (Phi) is 2.14. The zero-order valence-electron chi connectivity index (χ0n) is 7.97. The average molecular weight is 211 g/mol. The molecule has 15 heavy (non-hydrogen) atoms. The highest BCUT2D eigenvalue weighted by molar-refractivity contribution is 5.82. The molecule has 0 bridgehead atoms. The van der Waals surface area contributed by atoms with E-state index >= 15 is 0 Å². The van der Waals surface area contributed by atoms with Crippen LogP contribution in [0.1, 0.15) is 11.1 Å². The van der Waals surface area contributed by atoms with Crippen molar-refractivity contribution in [1.29, 1.82) is 0 Å². The Morgan fingerprint density at radius 3 is 2.53 bits per heavy atom. The predicted octanol–water partition coefficient (Wildman–Crippen LogP) is 3.56. The quantitative estimate of drug-likeness (QED) is 0.649. The Labute approximate surface area is 84.6 Å². The third kappa shape index (κ3) is 1.79. The van der Waals surface area contributed by atoms with Gasteiger partial charge in [0.15, 0.2) is 0 Å². The molecule has 0 atom stereocenters. The predicted molar refractivity (Wildman–Crippen MR) is 51.5 cm³/mol. The molecule has 0 aliphatic rings. The highest BCUT2D eigenvalue weighted by Crippen LogP contribution is 2.31. The lowest BCUT2D eigenvalue weighted by atomic mass is 10.1. The summed E-state index contributed by atoms with van der Waals surface area (Å²) in [5, 5.41) is 0.755. The van der Waals surface area contributed by atoms with Gasteiger partial charge in [0.25, 0.3) is 0 Å². The van der Waals surface area contributed by atoms with Crippen molar-refractivity contribution in [3.8, 4) is 0 Å². The number of aromatic nitrogens is 1. The topological polar surface area (TPSA) is 12.9 Å². The van der Waals surface area contributed by atoms with Crippen LogP contribution in [0.2, 0.25) is 0 Å². The Morgan fingerprint density at radius 2 is 1.87 bits per heavy atom. The van der Waals surface area contributed by atoms with Gasteiger partial charge in [-0.25, -0.2) is 0 Å². The van der Waals surface area contributed by atoms with Gasteiger partial charge >= 0.3 is 6.18 Å². The van der Waals surface area contributed by atoms with Crippen molar-refractivity contribution in [2.45, 2.75) is 13.1 Å². The molecule has 0 unspecified atom stereocenters. The number of halogens is 3. The van der Waals surface area contributed by atoms with E-state index in [4.69, 9.17) is 0 Å². The van der Waals surface area contributed by atoms with Crippen molar-refractivity contribution < 1.29 is 13.2 Å². The summed E-state index contributed by atoms with van der Waals surface area (Å²) in [6, 6.07) is 5.38. The third-order valence-corrected chi connectivity index (χ3v) is 2.29. The molecule has 4 heteroatoms. The summed E-state index contributed by atoms with van der Waals surface area (Å²) in [5.74, 6) is 0. The molecule has 0 aliphatic carbocycles. The highest BCUT2D eigenvalue weighted by atomic mass is 19.4. The molecule has 0 aliphatic heterocycles. The number of hydrogen-bond donors (Lipinski definition) is 0. The highest BCUT2D eigenvalue weighted by Gasteiger charge is 2.30. The van der Waals surface area contributed by atoms with Crippen LogP contribution in [-0.4, -0.2) is 4.98 Å². The minimum absolute atomic E-state index is 0.379. The number of aryl methyl sites for hydroxylation is 1. The molecule has 2 rings (SSSR count). The lowest BCUT2D eigenvalue weighted by molar-refractivity contribution is -0.137. The molecule has 0 saturated carbocycles. The molecule has 0 fully saturated rings. The summed E-state index contributed by atoms with van der Waals surface area (Å²) in [7, 11) is 0. The lowest BCUT2D eigenvalue weighted by Crippen LogP contribution is -2.04. The molecule has 1 aromatic carbocycles. The normalized spacial score (nSPS) is 12.0. The van der Waals surface area contributed by atoms with Crippen molar-refractivity contribution in [2.75, 3.05) is 0 Å². The van der Waals surface area contributed by atoms with Crippen LogP contribution in [-0.2, 0) is 6.18 Å². The van der Waals surface area contributed by atoms with E-state index < -0.39 is 11.7 Å². The first-order valence-corrected chi connectivity index (χ1v) is 4.41. The van der Waals surface area contributed by atoms with E-state index in [-0.39, 0.29) is 0 Å². The van der Waals surface area contributed by atoms with Gasteiger partial charge in [-0.05, 0) is 30.7 Å². The molecular weight excluding hydrogens is 203 g/mol. The second-order valence-electron chi connectivity index (χ2n) is 3.36. The fourth-order valence-corrected chi connectivity index (χ4v) is 1.47. The molecule has 1 nitrogen and oxygen atoms in total. The second kappa shape index (κ2) is 3.22. The number of benzene rings is 1. The van der Waals surface area contributed by atoms with Gasteiger partial charge in [0, 0.05) is 11.6 Å². The minimum atomic E-state index is -4.31. The summed E-state index contributed by atoms with van der Waals surface area (Å²) in [5.41, 5.74) is 0.645. The maximum atomic E-state index is 12.4. The summed E-state index contributed by atoms with van der Waals surface area (Å²) in [6.45, 7) is 1.84. The standard InChI is InChI=1S/C11H8F3N/c1-7-4-5-15-10-6-8(11(12,13)14)2-3-9(7)10/h2-6H,1H3.